The van der Waals surface area contributed by atoms with Gasteiger partial charge in [-0.3, -0.25) is 14.5 Å². The molecule has 2 aliphatic heterocycles. The van der Waals surface area contributed by atoms with Crippen molar-refractivity contribution in [3.63, 3.8) is 0 Å². The van der Waals surface area contributed by atoms with E-state index in [9.17, 15) is 18.0 Å². The van der Waals surface area contributed by atoms with Crippen LogP contribution in [0.2, 0.25) is 0 Å². The molecule has 2 heterocycles. The van der Waals surface area contributed by atoms with Crippen LogP contribution in [0.3, 0.4) is 0 Å². The minimum Gasteiger partial charge on any atom is -0.497 e. The molecule has 0 aromatic heterocycles. The highest BCUT2D eigenvalue weighted by atomic mass is 32.2. The predicted molar refractivity (Wildman–Crippen MR) is 91.4 cm³/mol. The number of carbonyl (C=O) groups is 2. The summed E-state index contributed by atoms with van der Waals surface area (Å²) in [5.41, 5.74) is 0. The molecular formula is C15H18N2O6S2. The number of nitrogens with zero attached hydrogens (tertiary/aromatic N) is 2. The van der Waals surface area contributed by atoms with Gasteiger partial charge in [0.1, 0.15) is 16.4 Å². The third-order valence-electron chi connectivity index (χ3n) is 4.26. The minimum atomic E-state index is -3.84. The summed E-state index contributed by atoms with van der Waals surface area (Å²) >= 11 is 0.949. The van der Waals surface area contributed by atoms with E-state index in [0.717, 1.165) is 11.8 Å². The fourth-order valence-electron chi connectivity index (χ4n) is 2.98. The first-order chi connectivity index (χ1) is 11.9. The molecule has 0 saturated carbocycles. The van der Waals surface area contributed by atoms with Gasteiger partial charge in [0.05, 0.1) is 26.0 Å². The van der Waals surface area contributed by atoms with E-state index in [1.807, 2.05) is 0 Å². The van der Waals surface area contributed by atoms with Crippen molar-refractivity contribution in [2.75, 3.05) is 33.1 Å². The highest BCUT2D eigenvalue weighted by Crippen LogP contribution is 2.34. The SMILES string of the molecule is COc1ccc(OC)c(S(=O)(=O)N2CCC(N3C(=O)CSC3=O)C2)c1. The highest BCUT2D eigenvalue weighted by Gasteiger charge is 2.42. The van der Waals surface area contributed by atoms with Crippen LogP contribution in [-0.4, -0.2) is 67.9 Å². The Labute approximate surface area is 150 Å². The Morgan fingerprint density at radius 2 is 1.96 bits per heavy atom. The van der Waals surface area contributed by atoms with Gasteiger partial charge >= 0.3 is 0 Å². The number of rotatable bonds is 5. The summed E-state index contributed by atoms with van der Waals surface area (Å²) in [6.45, 7) is 0.315. The van der Waals surface area contributed by atoms with Crippen LogP contribution >= 0.6 is 11.8 Å². The normalized spacial score (nSPS) is 21.8. The topological polar surface area (TPSA) is 93.2 Å². The van der Waals surface area contributed by atoms with Crippen molar-refractivity contribution in [1.29, 1.82) is 0 Å². The zero-order valence-electron chi connectivity index (χ0n) is 13.8. The highest BCUT2D eigenvalue weighted by molar-refractivity contribution is 8.14. The van der Waals surface area contributed by atoms with Crippen molar-refractivity contribution < 1.29 is 27.5 Å². The molecule has 136 valence electrons. The van der Waals surface area contributed by atoms with Gasteiger partial charge in [-0.25, -0.2) is 8.42 Å². The van der Waals surface area contributed by atoms with Gasteiger partial charge in [0.25, 0.3) is 5.24 Å². The maximum atomic E-state index is 13.0. The molecule has 0 aliphatic carbocycles. The average Bonchev–Trinajstić information content (AvgIpc) is 3.21. The Hall–Kier alpha value is -1.78. The third-order valence-corrected chi connectivity index (χ3v) is 6.99. The summed E-state index contributed by atoms with van der Waals surface area (Å²) in [4.78, 5) is 24.9. The number of imide groups is 1. The van der Waals surface area contributed by atoms with E-state index in [1.165, 1.54) is 35.6 Å². The van der Waals surface area contributed by atoms with E-state index in [2.05, 4.69) is 0 Å². The molecule has 0 N–H and O–H groups in total. The van der Waals surface area contributed by atoms with Crippen LogP contribution < -0.4 is 9.47 Å². The number of carbonyl (C=O) groups excluding carboxylic acids is 2. The lowest BCUT2D eigenvalue weighted by Crippen LogP contribution is -2.41. The Bertz CT molecular complexity index is 794. The first-order valence-corrected chi connectivity index (χ1v) is 10.0. The van der Waals surface area contributed by atoms with Crippen LogP contribution in [0.5, 0.6) is 11.5 Å². The van der Waals surface area contributed by atoms with Gasteiger partial charge < -0.3 is 9.47 Å². The zero-order chi connectivity index (χ0) is 18.2. The van der Waals surface area contributed by atoms with Crippen molar-refractivity contribution >= 4 is 32.9 Å². The van der Waals surface area contributed by atoms with E-state index < -0.39 is 16.1 Å². The number of thioether (sulfide) groups is 1. The van der Waals surface area contributed by atoms with E-state index in [0.29, 0.717) is 12.2 Å². The van der Waals surface area contributed by atoms with Crippen molar-refractivity contribution in [3.05, 3.63) is 18.2 Å². The number of sulfonamides is 1. The van der Waals surface area contributed by atoms with Gasteiger partial charge in [-0.2, -0.15) is 4.31 Å². The molecule has 2 amide bonds. The lowest BCUT2D eigenvalue weighted by atomic mass is 10.2. The second-order valence-corrected chi connectivity index (χ2v) is 8.47. The molecule has 0 bridgehead atoms. The fourth-order valence-corrected chi connectivity index (χ4v) is 5.42. The number of hydrogen-bond acceptors (Lipinski definition) is 7. The number of benzene rings is 1. The summed E-state index contributed by atoms with van der Waals surface area (Å²) in [7, 11) is -0.993. The van der Waals surface area contributed by atoms with Crippen LogP contribution in [0.1, 0.15) is 6.42 Å². The van der Waals surface area contributed by atoms with Crippen LogP contribution in [0.4, 0.5) is 4.79 Å². The van der Waals surface area contributed by atoms with Crippen LogP contribution in [-0.2, 0) is 14.8 Å². The van der Waals surface area contributed by atoms with Gasteiger partial charge in [-0.05, 0) is 18.6 Å². The fraction of sp³-hybridized carbons (Fsp3) is 0.467. The smallest absolute Gasteiger partial charge is 0.289 e. The lowest BCUT2D eigenvalue weighted by Gasteiger charge is -2.22. The van der Waals surface area contributed by atoms with E-state index in [1.54, 1.807) is 6.07 Å². The molecule has 1 aromatic rings. The van der Waals surface area contributed by atoms with Crippen LogP contribution in [0.15, 0.2) is 23.1 Å². The summed E-state index contributed by atoms with van der Waals surface area (Å²) in [6.07, 6.45) is 0.420. The van der Waals surface area contributed by atoms with Crippen molar-refractivity contribution in [3.8, 4) is 11.5 Å². The molecule has 25 heavy (non-hydrogen) atoms. The molecule has 2 fully saturated rings. The predicted octanol–water partition coefficient (Wildman–Crippen LogP) is 1.16. The summed E-state index contributed by atoms with van der Waals surface area (Å²) in [6, 6.07) is 4.12. The molecule has 1 atom stereocenters. The monoisotopic (exact) mass is 386 g/mol. The van der Waals surface area contributed by atoms with Gasteiger partial charge in [0.15, 0.2) is 0 Å². The molecule has 0 radical (unpaired) electrons. The molecule has 2 saturated heterocycles. The Morgan fingerprint density at radius 1 is 1.20 bits per heavy atom. The molecule has 0 spiro atoms. The summed E-state index contributed by atoms with van der Waals surface area (Å²) in [5, 5.41) is -0.312. The van der Waals surface area contributed by atoms with E-state index in [-0.39, 0.29) is 40.6 Å². The van der Waals surface area contributed by atoms with Gasteiger partial charge in [0.2, 0.25) is 15.9 Å². The molecule has 8 nitrogen and oxygen atoms in total. The second kappa shape index (κ2) is 6.85. The van der Waals surface area contributed by atoms with Crippen molar-refractivity contribution in [2.24, 2.45) is 0 Å². The Balaban J connectivity index is 1.87. The Morgan fingerprint density at radius 3 is 2.56 bits per heavy atom. The second-order valence-electron chi connectivity index (χ2n) is 5.64. The standard InChI is InChI=1S/C15H18N2O6S2/c1-22-11-3-4-12(23-2)13(7-11)25(20,21)16-6-5-10(8-16)17-14(18)9-24-15(17)19/h3-4,7,10H,5-6,8-9H2,1-2H3. The third kappa shape index (κ3) is 3.21. The quantitative estimate of drug-likeness (QED) is 0.750. The number of ether oxygens (including phenoxy) is 2. The average molecular weight is 386 g/mol. The van der Waals surface area contributed by atoms with E-state index >= 15 is 0 Å². The molecule has 10 heteroatoms. The van der Waals surface area contributed by atoms with Gasteiger partial charge in [0, 0.05) is 19.2 Å². The minimum absolute atomic E-state index is 0.00319. The van der Waals surface area contributed by atoms with Gasteiger partial charge in [-0.15, -0.1) is 0 Å². The first-order valence-electron chi connectivity index (χ1n) is 7.59. The zero-order valence-corrected chi connectivity index (χ0v) is 15.4. The Kier molecular flexibility index (Phi) is 4.94. The van der Waals surface area contributed by atoms with Crippen molar-refractivity contribution in [2.45, 2.75) is 17.4 Å². The largest absolute Gasteiger partial charge is 0.497 e. The number of amides is 2. The number of hydrogen-bond donors (Lipinski definition) is 0. The lowest BCUT2D eigenvalue weighted by molar-refractivity contribution is -0.126. The molecular weight excluding hydrogens is 368 g/mol. The number of methoxy groups -OCH3 is 2. The first kappa shape index (κ1) is 18.0. The maximum absolute atomic E-state index is 13.0. The summed E-state index contributed by atoms with van der Waals surface area (Å²) in [5.74, 6) is 0.467. The van der Waals surface area contributed by atoms with Crippen LogP contribution in [0.25, 0.3) is 0 Å². The van der Waals surface area contributed by atoms with E-state index in [4.69, 9.17) is 9.47 Å². The van der Waals surface area contributed by atoms with Crippen LogP contribution in [0, 0.1) is 0 Å². The molecule has 1 unspecified atom stereocenters. The molecule has 3 rings (SSSR count). The summed E-state index contributed by atoms with van der Waals surface area (Å²) < 4.78 is 37.6. The van der Waals surface area contributed by atoms with Gasteiger partial charge in [-0.1, -0.05) is 11.8 Å². The van der Waals surface area contributed by atoms with Crippen molar-refractivity contribution in [1.82, 2.24) is 9.21 Å². The maximum Gasteiger partial charge on any atom is 0.289 e. The molecule has 1 aromatic carbocycles. The molecule has 2 aliphatic rings.